The topological polar surface area (TPSA) is 58.4 Å². The number of amides is 1. The van der Waals surface area contributed by atoms with E-state index in [1.165, 1.54) is 10.2 Å². The van der Waals surface area contributed by atoms with E-state index in [0.29, 0.717) is 35.2 Å². The fraction of sp³-hybridized carbons (Fsp3) is 0.208. The van der Waals surface area contributed by atoms with E-state index in [1.54, 1.807) is 23.5 Å². The third-order valence-electron chi connectivity index (χ3n) is 5.65. The maximum absolute atomic E-state index is 13.5. The molecule has 0 N–H and O–H groups in total. The minimum atomic E-state index is -0.223. The van der Waals surface area contributed by atoms with Gasteiger partial charge in [-0.15, -0.1) is 0 Å². The van der Waals surface area contributed by atoms with Crippen LogP contribution in [-0.2, 0) is 6.54 Å². The molecule has 0 spiro atoms. The third-order valence-corrected chi connectivity index (χ3v) is 6.39. The number of rotatable bonds is 4. The minimum Gasteiger partial charge on any atom is -0.335 e. The van der Waals surface area contributed by atoms with Crippen LogP contribution >= 0.6 is 11.3 Å². The summed E-state index contributed by atoms with van der Waals surface area (Å²) in [5.41, 5.74) is 2.06. The molecule has 0 radical (unpaired) electrons. The second-order valence-electron chi connectivity index (χ2n) is 7.65. The van der Waals surface area contributed by atoms with Gasteiger partial charge in [-0.05, 0) is 40.6 Å². The number of carbonyl (C=O) groups excluding carboxylic acids is 1. The zero-order chi connectivity index (χ0) is 21.2. The Kier molecular flexibility index (Phi) is 5.36. The van der Waals surface area contributed by atoms with Gasteiger partial charge in [0.15, 0.2) is 5.69 Å². The second-order valence-corrected chi connectivity index (χ2v) is 8.43. The smallest absolute Gasteiger partial charge is 0.279 e. The first-order chi connectivity index (χ1) is 15.2. The van der Waals surface area contributed by atoms with Crippen LogP contribution in [0.4, 0.5) is 0 Å². The van der Waals surface area contributed by atoms with Crippen LogP contribution in [-0.4, -0.2) is 51.7 Å². The Morgan fingerprint density at radius 1 is 0.903 bits per heavy atom. The molecule has 1 aliphatic heterocycles. The summed E-state index contributed by atoms with van der Waals surface area (Å²) in [5.74, 6) is -0.129. The molecule has 0 unspecified atom stereocenters. The van der Waals surface area contributed by atoms with Gasteiger partial charge in [0.2, 0.25) is 0 Å². The lowest BCUT2D eigenvalue weighted by molar-refractivity contribution is 0.0623. The van der Waals surface area contributed by atoms with Gasteiger partial charge < -0.3 is 4.90 Å². The van der Waals surface area contributed by atoms with E-state index in [0.717, 1.165) is 19.6 Å². The predicted octanol–water partition coefficient (Wildman–Crippen LogP) is 3.41. The van der Waals surface area contributed by atoms with Crippen LogP contribution < -0.4 is 5.56 Å². The first-order valence-corrected chi connectivity index (χ1v) is 11.3. The van der Waals surface area contributed by atoms with Crippen molar-refractivity contribution in [3.63, 3.8) is 0 Å². The van der Waals surface area contributed by atoms with Crippen molar-refractivity contribution in [2.75, 3.05) is 26.2 Å². The Morgan fingerprint density at radius 2 is 1.61 bits per heavy atom. The molecule has 2 aromatic heterocycles. The van der Waals surface area contributed by atoms with E-state index in [-0.39, 0.29) is 11.5 Å². The number of fused-ring (bicyclic) bond motifs is 1. The number of para-hydroxylation sites is 1. The molecule has 156 valence electrons. The number of nitrogens with zero attached hydrogens (tertiary/aromatic N) is 4. The lowest BCUT2D eigenvalue weighted by Crippen LogP contribution is -2.48. The molecular weight excluding hydrogens is 408 g/mol. The highest BCUT2D eigenvalue weighted by atomic mass is 32.1. The molecule has 6 nitrogen and oxygen atoms in total. The zero-order valence-electron chi connectivity index (χ0n) is 17.0. The van der Waals surface area contributed by atoms with Gasteiger partial charge in [0, 0.05) is 38.1 Å². The summed E-state index contributed by atoms with van der Waals surface area (Å²) in [4.78, 5) is 30.7. The molecule has 0 saturated carbocycles. The van der Waals surface area contributed by atoms with E-state index in [2.05, 4.69) is 26.8 Å². The number of benzene rings is 2. The van der Waals surface area contributed by atoms with Gasteiger partial charge >= 0.3 is 0 Å². The maximum atomic E-state index is 13.5. The lowest BCUT2D eigenvalue weighted by atomic mass is 10.1. The van der Waals surface area contributed by atoms with Gasteiger partial charge in [-0.25, -0.2) is 0 Å². The summed E-state index contributed by atoms with van der Waals surface area (Å²) in [7, 11) is 0. The van der Waals surface area contributed by atoms with E-state index in [1.807, 2.05) is 47.4 Å². The lowest BCUT2D eigenvalue weighted by Gasteiger charge is -2.34. The van der Waals surface area contributed by atoms with E-state index in [4.69, 9.17) is 0 Å². The molecule has 1 fully saturated rings. The van der Waals surface area contributed by atoms with Gasteiger partial charge in [0.05, 0.1) is 11.1 Å². The highest BCUT2D eigenvalue weighted by Gasteiger charge is 2.26. The highest BCUT2D eigenvalue weighted by molar-refractivity contribution is 7.07. The molecule has 1 aliphatic rings. The number of piperazine rings is 1. The number of carbonyl (C=O) groups is 1. The molecule has 5 rings (SSSR count). The fourth-order valence-electron chi connectivity index (χ4n) is 3.99. The number of thiophene rings is 1. The number of hydrogen-bond donors (Lipinski definition) is 0. The Balaban J connectivity index is 1.45. The van der Waals surface area contributed by atoms with Crippen LogP contribution in [0, 0.1) is 0 Å². The first-order valence-electron chi connectivity index (χ1n) is 10.3. The number of hydrogen-bond acceptors (Lipinski definition) is 5. The molecule has 1 saturated heterocycles. The van der Waals surface area contributed by atoms with E-state index < -0.39 is 0 Å². The predicted molar refractivity (Wildman–Crippen MR) is 123 cm³/mol. The minimum absolute atomic E-state index is 0.129. The molecule has 0 aliphatic carbocycles. The average Bonchev–Trinajstić information content (AvgIpc) is 3.33. The van der Waals surface area contributed by atoms with Crippen molar-refractivity contribution in [3.05, 3.63) is 93.0 Å². The van der Waals surface area contributed by atoms with Crippen LogP contribution in [0.25, 0.3) is 16.5 Å². The van der Waals surface area contributed by atoms with Gasteiger partial charge in [-0.1, -0.05) is 36.4 Å². The maximum Gasteiger partial charge on any atom is 0.279 e. The SMILES string of the molecule is O=C(c1nn(-c2ccccc2)c(=O)c2ccccc12)N1CCN(Cc2ccsc2)CC1. The van der Waals surface area contributed by atoms with Crippen molar-refractivity contribution in [1.82, 2.24) is 19.6 Å². The van der Waals surface area contributed by atoms with Crippen molar-refractivity contribution in [3.8, 4) is 5.69 Å². The van der Waals surface area contributed by atoms with Crippen LogP contribution in [0.1, 0.15) is 16.1 Å². The van der Waals surface area contributed by atoms with Crippen molar-refractivity contribution < 1.29 is 4.79 Å². The molecule has 2 aromatic carbocycles. The Morgan fingerprint density at radius 3 is 2.32 bits per heavy atom. The second kappa shape index (κ2) is 8.45. The zero-order valence-corrected chi connectivity index (χ0v) is 17.8. The summed E-state index contributed by atoms with van der Waals surface area (Å²) in [6.07, 6.45) is 0. The van der Waals surface area contributed by atoms with Gasteiger partial charge in [-0.3, -0.25) is 14.5 Å². The summed E-state index contributed by atoms with van der Waals surface area (Å²) >= 11 is 1.71. The van der Waals surface area contributed by atoms with Crippen molar-refractivity contribution >= 4 is 28.0 Å². The van der Waals surface area contributed by atoms with Gasteiger partial charge in [-0.2, -0.15) is 21.1 Å². The van der Waals surface area contributed by atoms with Crippen LogP contribution in [0.15, 0.2) is 76.2 Å². The Labute approximate surface area is 184 Å². The fourth-order valence-corrected chi connectivity index (χ4v) is 4.65. The summed E-state index contributed by atoms with van der Waals surface area (Å²) in [5, 5.41) is 9.89. The molecular formula is C24H22N4O2S. The largest absolute Gasteiger partial charge is 0.335 e. The van der Waals surface area contributed by atoms with Crippen molar-refractivity contribution in [1.29, 1.82) is 0 Å². The summed E-state index contributed by atoms with van der Waals surface area (Å²) in [6, 6.07) is 18.6. The van der Waals surface area contributed by atoms with Crippen LogP contribution in [0.2, 0.25) is 0 Å². The highest BCUT2D eigenvalue weighted by Crippen LogP contribution is 2.18. The van der Waals surface area contributed by atoms with Crippen molar-refractivity contribution in [2.24, 2.45) is 0 Å². The molecule has 7 heteroatoms. The average molecular weight is 431 g/mol. The summed E-state index contributed by atoms with van der Waals surface area (Å²) < 4.78 is 1.34. The van der Waals surface area contributed by atoms with E-state index >= 15 is 0 Å². The van der Waals surface area contributed by atoms with Gasteiger partial charge in [0.25, 0.3) is 11.5 Å². The van der Waals surface area contributed by atoms with Crippen LogP contribution in [0.3, 0.4) is 0 Å². The molecule has 3 heterocycles. The molecule has 0 atom stereocenters. The monoisotopic (exact) mass is 430 g/mol. The molecule has 0 bridgehead atoms. The van der Waals surface area contributed by atoms with Gasteiger partial charge in [0.1, 0.15) is 0 Å². The Bertz CT molecular complexity index is 1260. The molecule has 1 amide bonds. The van der Waals surface area contributed by atoms with Crippen molar-refractivity contribution in [2.45, 2.75) is 6.54 Å². The normalized spacial score (nSPS) is 14.8. The molecule has 4 aromatic rings. The number of aromatic nitrogens is 2. The quantitative estimate of drug-likeness (QED) is 0.498. The van der Waals surface area contributed by atoms with E-state index in [9.17, 15) is 9.59 Å². The standard InChI is InChI=1S/C24H22N4O2S/c29-23-21-9-5-4-8-20(21)22(25-28(23)19-6-2-1-3-7-19)24(30)27-13-11-26(12-14-27)16-18-10-15-31-17-18/h1-10,15,17H,11-14,16H2. The molecule has 31 heavy (non-hydrogen) atoms. The first kappa shape index (κ1) is 19.7. The Hall–Kier alpha value is -3.29. The summed E-state index contributed by atoms with van der Waals surface area (Å²) in [6.45, 7) is 3.83. The van der Waals surface area contributed by atoms with Crippen LogP contribution in [0.5, 0.6) is 0 Å². The third kappa shape index (κ3) is 3.89.